The van der Waals surface area contributed by atoms with Crippen molar-refractivity contribution < 1.29 is 13.5 Å². The number of nitrogens with zero attached hydrogens (tertiary/aromatic N) is 3. The van der Waals surface area contributed by atoms with Crippen molar-refractivity contribution in [2.75, 3.05) is 20.2 Å². The van der Waals surface area contributed by atoms with E-state index in [4.69, 9.17) is 9.72 Å². The molecule has 1 saturated heterocycles. The molecule has 4 nitrogen and oxygen atoms in total. The highest BCUT2D eigenvalue weighted by atomic mass is 19.2. The number of imidazole rings is 1. The third-order valence-electron chi connectivity index (χ3n) is 6.96. The van der Waals surface area contributed by atoms with Crippen LogP contribution in [0.15, 0.2) is 42.5 Å². The lowest BCUT2D eigenvalue weighted by molar-refractivity contribution is -0.0000726. The number of ether oxygens (including phenoxy) is 1. The summed E-state index contributed by atoms with van der Waals surface area (Å²) in [7, 11) is 1.81. The van der Waals surface area contributed by atoms with Crippen LogP contribution in [-0.4, -0.2) is 40.8 Å². The zero-order valence-electron chi connectivity index (χ0n) is 17.4. The smallest absolute Gasteiger partial charge is 0.159 e. The van der Waals surface area contributed by atoms with Gasteiger partial charge in [-0.3, -0.25) is 4.90 Å². The van der Waals surface area contributed by atoms with Crippen LogP contribution in [0.2, 0.25) is 0 Å². The fraction of sp³-hybridized carbons (Fsp3) is 0.458. The number of aryl methyl sites for hydroxylation is 1. The third-order valence-corrected chi connectivity index (χ3v) is 6.96. The molecule has 158 valence electrons. The molecule has 4 atom stereocenters. The Kier molecular flexibility index (Phi) is 5.07. The minimum Gasteiger partial charge on any atom is -0.379 e. The van der Waals surface area contributed by atoms with Gasteiger partial charge in [0, 0.05) is 26.7 Å². The van der Waals surface area contributed by atoms with E-state index in [0.29, 0.717) is 18.4 Å². The maximum atomic E-state index is 13.6. The lowest BCUT2D eigenvalue weighted by Crippen LogP contribution is -2.37. The quantitative estimate of drug-likeness (QED) is 0.622. The van der Waals surface area contributed by atoms with Crippen molar-refractivity contribution in [3.05, 3.63) is 65.5 Å². The molecular weight excluding hydrogens is 384 g/mol. The van der Waals surface area contributed by atoms with Gasteiger partial charge < -0.3 is 9.30 Å². The van der Waals surface area contributed by atoms with Crippen molar-refractivity contribution in [2.45, 2.75) is 38.5 Å². The van der Waals surface area contributed by atoms with E-state index < -0.39 is 11.6 Å². The number of hydrogen-bond acceptors (Lipinski definition) is 3. The van der Waals surface area contributed by atoms with Gasteiger partial charge in [-0.25, -0.2) is 13.8 Å². The second-order valence-electron chi connectivity index (χ2n) is 8.79. The van der Waals surface area contributed by atoms with Gasteiger partial charge in [0.1, 0.15) is 5.82 Å². The molecule has 0 unspecified atom stereocenters. The molecule has 6 heteroatoms. The van der Waals surface area contributed by atoms with Gasteiger partial charge in [0.15, 0.2) is 11.6 Å². The number of halogens is 2. The third kappa shape index (κ3) is 3.42. The summed E-state index contributed by atoms with van der Waals surface area (Å²) in [6, 6.07) is 12.8. The van der Waals surface area contributed by atoms with E-state index in [0.717, 1.165) is 48.4 Å². The average molecular weight is 411 g/mol. The van der Waals surface area contributed by atoms with Gasteiger partial charge in [0.2, 0.25) is 0 Å². The lowest BCUT2D eigenvalue weighted by Gasteiger charge is -2.38. The Hall–Kier alpha value is -2.31. The maximum absolute atomic E-state index is 13.6. The Morgan fingerprint density at radius 1 is 1.03 bits per heavy atom. The molecule has 3 aromatic rings. The molecule has 1 aliphatic heterocycles. The first kappa shape index (κ1) is 19.6. The first-order chi connectivity index (χ1) is 14.5. The number of para-hydroxylation sites is 2. The first-order valence-electron chi connectivity index (χ1n) is 10.7. The molecule has 2 aliphatic rings. The van der Waals surface area contributed by atoms with Crippen LogP contribution < -0.4 is 0 Å². The van der Waals surface area contributed by atoms with Crippen LogP contribution >= 0.6 is 0 Å². The molecule has 30 heavy (non-hydrogen) atoms. The number of hydrogen-bond donors (Lipinski definition) is 0. The standard InChI is InChI=1S/C24H27F2N3O/c1-15-27-21-5-3-4-6-22(21)29(15)23-10-17-13-28(14-18(17)11-24(23)30-2)12-16-7-8-19(25)20(26)9-16/h3-9,17-18,23-24H,10-14H2,1-2H3/t17-,18+,23-,24-/m0/s1. The minimum atomic E-state index is -0.789. The lowest BCUT2D eigenvalue weighted by atomic mass is 9.77. The van der Waals surface area contributed by atoms with Crippen LogP contribution in [0.4, 0.5) is 8.78 Å². The summed E-state index contributed by atoms with van der Waals surface area (Å²) in [5.41, 5.74) is 3.01. The molecule has 1 aliphatic carbocycles. The molecule has 0 N–H and O–H groups in total. The Balaban J connectivity index is 1.37. The van der Waals surface area contributed by atoms with Crippen molar-refractivity contribution in [1.82, 2.24) is 14.5 Å². The highest BCUT2D eigenvalue weighted by Crippen LogP contribution is 2.44. The number of aromatic nitrogens is 2. The topological polar surface area (TPSA) is 30.3 Å². The zero-order chi connectivity index (χ0) is 20.8. The summed E-state index contributed by atoms with van der Waals surface area (Å²) in [6.45, 7) is 4.67. The van der Waals surface area contributed by atoms with Crippen LogP contribution in [0, 0.1) is 30.4 Å². The Labute approximate surface area is 175 Å². The van der Waals surface area contributed by atoms with E-state index in [1.165, 1.54) is 12.1 Å². The summed E-state index contributed by atoms with van der Waals surface area (Å²) in [5, 5.41) is 0. The normalized spacial score (nSPS) is 26.9. The van der Waals surface area contributed by atoms with E-state index in [2.05, 4.69) is 34.6 Å². The second kappa shape index (κ2) is 7.75. The molecular formula is C24H27F2N3O. The van der Waals surface area contributed by atoms with Crippen LogP contribution in [0.3, 0.4) is 0 Å². The van der Waals surface area contributed by atoms with Crippen LogP contribution in [0.5, 0.6) is 0 Å². The predicted molar refractivity (Wildman–Crippen MR) is 112 cm³/mol. The van der Waals surface area contributed by atoms with Crippen molar-refractivity contribution in [2.24, 2.45) is 11.8 Å². The van der Waals surface area contributed by atoms with Gasteiger partial charge in [-0.05, 0) is 61.4 Å². The molecule has 5 rings (SSSR count). The van der Waals surface area contributed by atoms with E-state index in [-0.39, 0.29) is 12.1 Å². The summed E-state index contributed by atoms with van der Waals surface area (Å²) in [6.07, 6.45) is 2.19. The van der Waals surface area contributed by atoms with Gasteiger partial charge in [-0.15, -0.1) is 0 Å². The highest BCUT2D eigenvalue weighted by molar-refractivity contribution is 5.76. The van der Waals surface area contributed by atoms with Gasteiger partial charge >= 0.3 is 0 Å². The molecule has 0 radical (unpaired) electrons. The molecule has 2 aromatic carbocycles. The van der Waals surface area contributed by atoms with E-state index in [1.54, 1.807) is 13.2 Å². The molecule has 0 spiro atoms. The summed E-state index contributed by atoms with van der Waals surface area (Å²) in [5.74, 6) is 0.589. The number of benzene rings is 2. The monoisotopic (exact) mass is 411 g/mol. The Bertz CT molecular complexity index is 1070. The number of rotatable bonds is 4. The summed E-state index contributed by atoms with van der Waals surface area (Å²) in [4.78, 5) is 7.13. The first-order valence-corrected chi connectivity index (χ1v) is 10.7. The fourth-order valence-corrected chi connectivity index (χ4v) is 5.62. The minimum absolute atomic E-state index is 0.144. The van der Waals surface area contributed by atoms with Crippen molar-refractivity contribution in [3.8, 4) is 0 Å². The Morgan fingerprint density at radius 3 is 2.57 bits per heavy atom. The SMILES string of the molecule is CO[C@H]1C[C@@H]2CN(Cc3ccc(F)c(F)c3)C[C@@H]2C[C@@H]1n1c(C)nc2ccccc21. The molecule has 1 aromatic heterocycles. The van der Waals surface area contributed by atoms with Crippen molar-refractivity contribution >= 4 is 11.0 Å². The van der Waals surface area contributed by atoms with Gasteiger partial charge in [-0.1, -0.05) is 18.2 Å². The van der Waals surface area contributed by atoms with Gasteiger partial charge in [0.25, 0.3) is 0 Å². The van der Waals surface area contributed by atoms with Crippen LogP contribution in [0.25, 0.3) is 11.0 Å². The van der Waals surface area contributed by atoms with E-state index in [9.17, 15) is 8.78 Å². The average Bonchev–Trinajstić information content (AvgIpc) is 3.28. The molecule has 1 saturated carbocycles. The van der Waals surface area contributed by atoms with Gasteiger partial charge in [0.05, 0.1) is 23.2 Å². The number of fused-ring (bicyclic) bond motifs is 2. The summed E-state index contributed by atoms with van der Waals surface area (Å²) >= 11 is 0. The van der Waals surface area contributed by atoms with Gasteiger partial charge in [-0.2, -0.15) is 0 Å². The highest BCUT2D eigenvalue weighted by Gasteiger charge is 2.43. The predicted octanol–water partition coefficient (Wildman–Crippen LogP) is 4.72. The zero-order valence-corrected chi connectivity index (χ0v) is 17.4. The molecule has 2 fully saturated rings. The number of likely N-dealkylation sites (tertiary alicyclic amines) is 1. The summed E-state index contributed by atoms with van der Waals surface area (Å²) < 4.78 is 35.2. The second-order valence-corrected chi connectivity index (χ2v) is 8.79. The maximum Gasteiger partial charge on any atom is 0.159 e. The fourth-order valence-electron chi connectivity index (χ4n) is 5.62. The molecule has 0 bridgehead atoms. The van der Waals surface area contributed by atoms with Crippen molar-refractivity contribution in [3.63, 3.8) is 0 Å². The Morgan fingerprint density at radius 2 is 1.80 bits per heavy atom. The number of methoxy groups -OCH3 is 1. The van der Waals surface area contributed by atoms with Crippen LogP contribution in [0.1, 0.15) is 30.3 Å². The largest absolute Gasteiger partial charge is 0.379 e. The van der Waals surface area contributed by atoms with E-state index in [1.807, 2.05) is 6.07 Å². The van der Waals surface area contributed by atoms with Crippen LogP contribution in [-0.2, 0) is 11.3 Å². The van der Waals surface area contributed by atoms with E-state index >= 15 is 0 Å². The molecule has 0 amide bonds. The van der Waals surface area contributed by atoms with Crippen molar-refractivity contribution in [1.29, 1.82) is 0 Å². The molecule has 2 heterocycles.